The number of halogens is 2. The third kappa shape index (κ3) is 3.02. The van der Waals surface area contributed by atoms with Gasteiger partial charge in [-0.15, -0.1) is 0 Å². The molecule has 1 N–H and O–H groups in total. The van der Waals surface area contributed by atoms with Crippen LogP contribution >= 0.6 is 39.3 Å². The summed E-state index contributed by atoms with van der Waals surface area (Å²) in [6.45, 7) is 2.33. The van der Waals surface area contributed by atoms with Gasteiger partial charge >= 0.3 is 0 Å². The summed E-state index contributed by atoms with van der Waals surface area (Å²) in [4.78, 5) is 25.4. The summed E-state index contributed by atoms with van der Waals surface area (Å²) in [5.74, 6) is -0.343. The Morgan fingerprint density at radius 3 is 2.75 bits per heavy atom. The smallest absolute Gasteiger partial charge is 0.293 e. The molecular formula is C13H11BrClNO3S. The van der Waals surface area contributed by atoms with E-state index in [0.29, 0.717) is 21.5 Å². The maximum Gasteiger partial charge on any atom is 0.293 e. The Bertz CT molecular complexity index is 595. The van der Waals surface area contributed by atoms with Gasteiger partial charge < -0.3 is 5.11 Å². The summed E-state index contributed by atoms with van der Waals surface area (Å²) in [5.41, 5.74) is 0.640. The summed E-state index contributed by atoms with van der Waals surface area (Å²) >= 11 is 9.96. The molecule has 2 amide bonds. The molecule has 1 aliphatic rings. The van der Waals surface area contributed by atoms with Crippen molar-refractivity contribution < 1.29 is 14.7 Å². The first kappa shape index (κ1) is 15.4. The van der Waals surface area contributed by atoms with Crippen molar-refractivity contribution in [3.05, 3.63) is 32.1 Å². The van der Waals surface area contributed by atoms with Crippen LogP contribution in [0.4, 0.5) is 4.79 Å². The van der Waals surface area contributed by atoms with Gasteiger partial charge in [-0.2, -0.15) is 0 Å². The average Bonchev–Trinajstić information content (AvgIpc) is 2.64. The van der Waals surface area contributed by atoms with E-state index in [-0.39, 0.29) is 21.9 Å². The van der Waals surface area contributed by atoms with Gasteiger partial charge in [-0.3, -0.25) is 14.5 Å². The van der Waals surface area contributed by atoms with Crippen LogP contribution in [-0.2, 0) is 4.79 Å². The molecule has 1 aromatic rings. The monoisotopic (exact) mass is 375 g/mol. The van der Waals surface area contributed by atoms with Gasteiger partial charge in [0.2, 0.25) is 0 Å². The van der Waals surface area contributed by atoms with Crippen molar-refractivity contribution in [1.29, 1.82) is 0 Å². The summed E-state index contributed by atoms with van der Waals surface area (Å²) in [6, 6.07) is 3.17. The van der Waals surface area contributed by atoms with E-state index in [1.807, 2.05) is 6.92 Å². The van der Waals surface area contributed by atoms with E-state index < -0.39 is 0 Å². The first-order valence-corrected chi connectivity index (χ1v) is 7.86. The van der Waals surface area contributed by atoms with Gasteiger partial charge in [-0.05, 0) is 57.9 Å². The molecule has 0 aromatic heterocycles. The Labute approximate surface area is 133 Å². The van der Waals surface area contributed by atoms with Gasteiger partial charge in [-0.1, -0.05) is 18.5 Å². The Hall–Kier alpha value is -0.980. The standard InChI is InChI=1S/C13H11BrClNO3S/c1-2-3-16-12(18)10(20-13(16)19)6-7-4-8(14)11(17)9(15)5-7/h4-6,17H,2-3H2,1H3/b10-6+. The molecule has 0 atom stereocenters. The van der Waals surface area contributed by atoms with Crippen molar-refractivity contribution in [1.82, 2.24) is 4.90 Å². The van der Waals surface area contributed by atoms with Crippen LogP contribution in [0.2, 0.25) is 5.02 Å². The number of amides is 2. The van der Waals surface area contributed by atoms with Crippen LogP contribution in [0.3, 0.4) is 0 Å². The predicted molar refractivity (Wildman–Crippen MR) is 83.8 cm³/mol. The zero-order valence-electron chi connectivity index (χ0n) is 10.5. The van der Waals surface area contributed by atoms with Crippen LogP contribution in [0.5, 0.6) is 5.75 Å². The van der Waals surface area contributed by atoms with Gasteiger partial charge in [0.1, 0.15) is 5.75 Å². The maximum atomic E-state index is 12.1. The lowest BCUT2D eigenvalue weighted by molar-refractivity contribution is -0.122. The number of hydrogen-bond donors (Lipinski definition) is 1. The fourth-order valence-electron chi connectivity index (χ4n) is 1.74. The molecule has 4 nitrogen and oxygen atoms in total. The second kappa shape index (κ2) is 6.20. The molecule has 7 heteroatoms. The first-order valence-electron chi connectivity index (χ1n) is 5.87. The molecule has 0 saturated carbocycles. The molecule has 1 fully saturated rings. The number of nitrogens with zero attached hydrogens (tertiary/aromatic N) is 1. The van der Waals surface area contributed by atoms with Crippen molar-refractivity contribution in [2.24, 2.45) is 0 Å². The normalized spacial score (nSPS) is 17.4. The highest BCUT2D eigenvalue weighted by Crippen LogP contribution is 2.36. The lowest BCUT2D eigenvalue weighted by Crippen LogP contribution is -2.28. The molecule has 0 unspecified atom stereocenters. The first-order chi connectivity index (χ1) is 9.43. The highest BCUT2D eigenvalue weighted by Gasteiger charge is 2.34. The third-order valence-corrected chi connectivity index (χ3v) is 4.46. The second-order valence-electron chi connectivity index (χ2n) is 4.17. The predicted octanol–water partition coefficient (Wildman–Crippen LogP) is 4.25. The van der Waals surface area contributed by atoms with Crippen molar-refractivity contribution in [3.63, 3.8) is 0 Å². The van der Waals surface area contributed by atoms with Crippen molar-refractivity contribution in [2.75, 3.05) is 6.54 Å². The number of phenolic OH excluding ortho intramolecular Hbond substituents is 1. The van der Waals surface area contributed by atoms with Crippen LogP contribution in [0, 0.1) is 0 Å². The fraction of sp³-hybridized carbons (Fsp3) is 0.231. The van der Waals surface area contributed by atoms with Gasteiger partial charge in [0.15, 0.2) is 0 Å². The molecule has 2 rings (SSSR count). The minimum absolute atomic E-state index is 0.0529. The average molecular weight is 377 g/mol. The topological polar surface area (TPSA) is 57.6 Å². The third-order valence-electron chi connectivity index (χ3n) is 2.66. The van der Waals surface area contributed by atoms with Crippen molar-refractivity contribution >= 4 is 56.5 Å². The number of thioether (sulfide) groups is 1. The van der Waals surface area contributed by atoms with Crippen LogP contribution in [0.15, 0.2) is 21.5 Å². The number of carbonyl (C=O) groups excluding carboxylic acids is 2. The van der Waals surface area contributed by atoms with Gasteiger partial charge in [0, 0.05) is 6.54 Å². The van der Waals surface area contributed by atoms with E-state index in [9.17, 15) is 14.7 Å². The second-order valence-corrected chi connectivity index (χ2v) is 6.42. The molecule has 0 spiro atoms. The fourth-order valence-corrected chi connectivity index (χ4v) is 3.42. The largest absolute Gasteiger partial charge is 0.505 e. The van der Waals surface area contributed by atoms with E-state index in [4.69, 9.17) is 11.6 Å². The summed E-state index contributed by atoms with van der Waals surface area (Å²) < 4.78 is 0.434. The number of carbonyl (C=O) groups is 2. The number of benzene rings is 1. The molecule has 0 bridgehead atoms. The lowest BCUT2D eigenvalue weighted by atomic mass is 10.2. The molecule has 1 aromatic carbocycles. The van der Waals surface area contributed by atoms with E-state index in [1.165, 1.54) is 11.0 Å². The highest BCUT2D eigenvalue weighted by molar-refractivity contribution is 9.10. The Morgan fingerprint density at radius 2 is 2.15 bits per heavy atom. The number of imide groups is 1. The summed E-state index contributed by atoms with van der Waals surface area (Å²) in [5, 5.41) is 9.49. The summed E-state index contributed by atoms with van der Waals surface area (Å²) in [7, 11) is 0. The van der Waals surface area contributed by atoms with E-state index >= 15 is 0 Å². The van der Waals surface area contributed by atoms with Gasteiger partial charge in [0.05, 0.1) is 14.4 Å². The molecule has 1 saturated heterocycles. The van der Waals surface area contributed by atoms with Crippen molar-refractivity contribution in [3.8, 4) is 5.75 Å². The maximum absolute atomic E-state index is 12.1. The van der Waals surface area contributed by atoms with E-state index in [1.54, 1.807) is 12.1 Å². The van der Waals surface area contributed by atoms with Crippen LogP contribution in [0.1, 0.15) is 18.9 Å². The van der Waals surface area contributed by atoms with Crippen LogP contribution in [0.25, 0.3) is 6.08 Å². The zero-order chi connectivity index (χ0) is 14.9. The Morgan fingerprint density at radius 1 is 1.45 bits per heavy atom. The van der Waals surface area contributed by atoms with E-state index in [2.05, 4.69) is 15.9 Å². The van der Waals surface area contributed by atoms with Gasteiger partial charge in [-0.25, -0.2) is 0 Å². The number of phenols is 1. The molecular weight excluding hydrogens is 366 g/mol. The molecule has 106 valence electrons. The molecule has 0 radical (unpaired) electrons. The van der Waals surface area contributed by atoms with Crippen LogP contribution < -0.4 is 0 Å². The highest BCUT2D eigenvalue weighted by atomic mass is 79.9. The minimum Gasteiger partial charge on any atom is -0.505 e. The van der Waals surface area contributed by atoms with Crippen molar-refractivity contribution in [2.45, 2.75) is 13.3 Å². The van der Waals surface area contributed by atoms with E-state index in [0.717, 1.165) is 18.2 Å². The van der Waals surface area contributed by atoms with Gasteiger partial charge in [0.25, 0.3) is 11.1 Å². The number of aromatic hydroxyl groups is 1. The number of rotatable bonds is 3. The molecule has 20 heavy (non-hydrogen) atoms. The molecule has 0 aliphatic carbocycles. The Balaban J connectivity index is 2.33. The molecule has 1 aliphatic heterocycles. The Kier molecular flexibility index (Phi) is 4.78. The quantitative estimate of drug-likeness (QED) is 0.801. The summed E-state index contributed by atoms with van der Waals surface area (Å²) in [6.07, 6.45) is 2.32. The number of hydrogen-bond acceptors (Lipinski definition) is 4. The van der Waals surface area contributed by atoms with Crippen LogP contribution in [-0.4, -0.2) is 27.7 Å². The molecule has 1 heterocycles. The lowest BCUT2D eigenvalue weighted by Gasteiger charge is -2.09. The minimum atomic E-state index is -0.290. The SMILES string of the molecule is CCCN1C(=O)S/C(=C/c2cc(Cl)c(O)c(Br)c2)C1=O. The zero-order valence-corrected chi connectivity index (χ0v) is 13.7.